The van der Waals surface area contributed by atoms with Crippen molar-refractivity contribution in [3.05, 3.63) is 64.9 Å². The van der Waals surface area contributed by atoms with E-state index in [4.69, 9.17) is 21.4 Å². The fourth-order valence-electron chi connectivity index (χ4n) is 3.88. The van der Waals surface area contributed by atoms with Gasteiger partial charge >= 0.3 is 0 Å². The molecule has 0 aliphatic carbocycles. The predicted octanol–water partition coefficient (Wildman–Crippen LogP) is 4.89. The third-order valence-corrected chi connectivity index (χ3v) is 6.75. The van der Waals surface area contributed by atoms with Gasteiger partial charge in [0.05, 0.1) is 0 Å². The summed E-state index contributed by atoms with van der Waals surface area (Å²) in [5, 5.41) is 15.3. The molecule has 3 heterocycles. The van der Waals surface area contributed by atoms with E-state index in [0.717, 1.165) is 52.2 Å². The van der Waals surface area contributed by atoms with Gasteiger partial charge in [-0.05, 0) is 44.6 Å². The highest BCUT2D eigenvalue weighted by Gasteiger charge is 2.25. The third kappa shape index (κ3) is 3.93. The minimum absolute atomic E-state index is 0.374. The molecule has 0 saturated carbocycles. The van der Waals surface area contributed by atoms with Crippen LogP contribution in [0.1, 0.15) is 30.1 Å². The van der Waals surface area contributed by atoms with Gasteiger partial charge in [-0.2, -0.15) is 9.61 Å². The van der Waals surface area contributed by atoms with Crippen molar-refractivity contribution in [2.75, 3.05) is 20.1 Å². The minimum Gasteiger partial charge on any atom is -0.489 e. The van der Waals surface area contributed by atoms with Gasteiger partial charge in [0.1, 0.15) is 17.4 Å². The van der Waals surface area contributed by atoms with Crippen LogP contribution >= 0.6 is 22.9 Å². The molecule has 0 radical (unpaired) electrons. The van der Waals surface area contributed by atoms with Crippen LogP contribution in [0.5, 0.6) is 5.75 Å². The van der Waals surface area contributed by atoms with Crippen LogP contribution in [0.25, 0.3) is 15.5 Å². The fourth-order valence-corrected chi connectivity index (χ4v) is 4.91. The molecule has 5 rings (SSSR count). The molecule has 4 aromatic rings. The van der Waals surface area contributed by atoms with Crippen molar-refractivity contribution in [3.8, 4) is 16.3 Å². The Kier molecular flexibility index (Phi) is 5.41. The summed E-state index contributed by atoms with van der Waals surface area (Å²) in [4.78, 5) is 3.18. The molecule has 8 heteroatoms. The topological polar surface area (TPSA) is 55.5 Å². The Bertz CT molecular complexity index is 1170. The van der Waals surface area contributed by atoms with Gasteiger partial charge in [-0.1, -0.05) is 53.3 Å². The largest absolute Gasteiger partial charge is 0.489 e. The van der Waals surface area contributed by atoms with Crippen molar-refractivity contribution >= 4 is 27.9 Å². The summed E-state index contributed by atoms with van der Waals surface area (Å²) < 4.78 is 7.89. The molecular formula is C22H22ClN5OS. The third-order valence-electron chi connectivity index (χ3n) is 5.44. The van der Waals surface area contributed by atoms with E-state index in [1.807, 2.05) is 53.0 Å². The second-order valence-corrected chi connectivity index (χ2v) is 9.03. The van der Waals surface area contributed by atoms with Crippen LogP contribution in [0.4, 0.5) is 0 Å². The minimum atomic E-state index is 0.374. The number of halogens is 1. The lowest BCUT2D eigenvalue weighted by molar-refractivity contribution is 0.244. The molecule has 30 heavy (non-hydrogen) atoms. The highest BCUT2D eigenvalue weighted by Crippen LogP contribution is 2.31. The Labute approximate surface area is 184 Å². The molecule has 2 aromatic carbocycles. The first-order valence-electron chi connectivity index (χ1n) is 10.0. The van der Waals surface area contributed by atoms with Gasteiger partial charge < -0.3 is 9.64 Å². The number of fused-ring (bicyclic) bond motifs is 1. The number of nitrogens with zero attached hydrogens (tertiary/aromatic N) is 5. The van der Waals surface area contributed by atoms with E-state index < -0.39 is 0 Å². The quantitative estimate of drug-likeness (QED) is 0.443. The van der Waals surface area contributed by atoms with Gasteiger partial charge in [0.15, 0.2) is 5.82 Å². The van der Waals surface area contributed by atoms with E-state index in [9.17, 15) is 0 Å². The maximum Gasteiger partial charge on any atom is 0.234 e. The smallest absolute Gasteiger partial charge is 0.234 e. The van der Waals surface area contributed by atoms with E-state index in [1.165, 1.54) is 6.42 Å². The molecule has 1 atom stereocenters. The Morgan fingerprint density at radius 2 is 2.07 bits per heavy atom. The van der Waals surface area contributed by atoms with Crippen LogP contribution in [0, 0.1) is 0 Å². The molecule has 0 bridgehead atoms. The number of likely N-dealkylation sites (N-methyl/N-ethyl adjacent to an activating group) is 1. The monoisotopic (exact) mass is 439 g/mol. The number of rotatable bonds is 5. The number of ether oxygens (including phenoxy) is 1. The summed E-state index contributed by atoms with van der Waals surface area (Å²) in [6.45, 7) is 2.56. The molecule has 1 fully saturated rings. The van der Waals surface area contributed by atoms with Gasteiger partial charge in [0.25, 0.3) is 0 Å². The van der Waals surface area contributed by atoms with E-state index in [1.54, 1.807) is 11.3 Å². The molecular weight excluding hydrogens is 418 g/mol. The summed E-state index contributed by atoms with van der Waals surface area (Å²) in [5.41, 5.74) is 1.97. The standard InChI is InChI=1S/C22H22ClN5OS/c1-27-11-5-8-16(13-27)20-24-25-22-28(20)26-21(30-22)15-7-4-9-18(12-15)29-14-17-6-2-3-10-19(17)23/h2-4,6-7,9-10,12,16H,5,8,11,13-14H2,1H3. The number of benzene rings is 2. The van der Waals surface area contributed by atoms with Gasteiger partial charge in [0, 0.05) is 28.6 Å². The molecule has 2 aromatic heterocycles. The second kappa shape index (κ2) is 8.34. The number of aromatic nitrogens is 4. The van der Waals surface area contributed by atoms with Crippen LogP contribution in [-0.4, -0.2) is 44.8 Å². The van der Waals surface area contributed by atoms with E-state index in [-0.39, 0.29) is 0 Å². The Morgan fingerprint density at radius 3 is 2.93 bits per heavy atom. The summed E-state index contributed by atoms with van der Waals surface area (Å²) in [7, 11) is 2.16. The van der Waals surface area contributed by atoms with Crippen molar-refractivity contribution in [1.29, 1.82) is 0 Å². The number of likely N-dealkylation sites (tertiary alicyclic amines) is 1. The fraction of sp³-hybridized carbons (Fsp3) is 0.318. The first kappa shape index (κ1) is 19.5. The van der Waals surface area contributed by atoms with E-state index in [0.29, 0.717) is 17.5 Å². The van der Waals surface area contributed by atoms with Gasteiger partial charge in [0.2, 0.25) is 4.96 Å². The zero-order valence-corrected chi connectivity index (χ0v) is 18.2. The lowest BCUT2D eigenvalue weighted by atomic mass is 9.98. The molecule has 0 spiro atoms. The van der Waals surface area contributed by atoms with Gasteiger partial charge in [-0.25, -0.2) is 0 Å². The van der Waals surface area contributed by atoms with Crippen molar-refractivity contribution in [3.63, 3.8) is 0 Å². The number of piperidine rings is 1. The summed E-state index contributed by atoms with van der Waals surface area (Å²) in [5.74, 6) is 2.12. The van der Waals surface area contributed by atoms with Gasteiger partial charge in [-0.3, -0.25) is 0 Å². The van der Waals surface area contributed by atoms with Crippen molar-refractivity contribution in [1.82, 2.24) is 24.7 Å². The average molecular weight is 440 g/mol. The molecule has 1 saturated heterocycles. The highest BCUT2D eigenvalue weighted by atomic mass is 35.5. The highest BCUT2D eigenvalue weighted by molar-refractivity contribution is 7.19. The second-order valence-electron chi connectivity index (χ2n) is 7.67. The Morgan fingerprint density at radius 1 is 1.17 bits per heavy atom. The molecule has 1 aliphatic rings. The van der Waals surface area contributed by atoms with Crippen molar-refractivity contribution in [2.45, 2.75) is 25.4 Å². The lowest BCUT2D eigenvalue weighted by Crippen LogP contribution is -2.31. The zero-order chi connectivity index (χ0) is 20.5. The first-order valence-corrected chi connectivity index (χ1v) is 11.2. The molecule has 154 valence electrons. The summed E-state index contributed by atoms with van der Waals surface area (Å²) in [6, 6.07) is 15.7. The Balaban J connectivity index is 1.38. The summed E-state index contributed by atoms with van der Waals surface area (Å²) >= 11 is 7.78. The summed E-state index contributed by atoms with van der Waals surface area (Å²) in [6.07, 6.45) is 2.31. The SMILES string of the molecule is CN1CCCC(c2nnc3sc(-c4cccc(OCc5ccccc5Cl)c4)nn23)C1. The molecule has 6 nitrogen and oxygen atoms in total. The van der Waals surface area contributed by atoms with Crippen LogP contribution in [0.3, 0.4) is 0 Å². The molecule has 1 unspecified atom stereocenters. The average Bonchev–Trinajstić information content (AvgIpc) is 3.34. The maximum absolute atomic E-state index is 6.23. The number of hydrogen-bond acceptors (Lipinski definition) is 6. The lowest BCUT2D eigenvalue weighted by Gasteiger charge is -2.28. The normalized spacial score (nSPS) is 17.5. The Hall–Kier alpha value is -2.48. The van der Waals surface area contributed by atoms with Crippen LogP contribution in [-0.2, 0) is 6.61 Å². The molecule has 0 N–H and O–H groups in total. The zero-order valence-electron chi connectivity index (χ0n) is 16.7. The predicted molar refractivity (Wildman–Crippen MR) is 119 cm³/mol. The molecule has 0 amide bonds. The van der Waals surface area contributed by atoms with Crippen LogP contribution < -0.4 is 4.74 Å². The maximum atomic E-state index is 6.23. The van der Waals surface area contributed by atoms with E-state index in [2.05, 4.69) is 22.1 Å². The molecule has 1 aliphatic heterocycles. The van der Waals surface area contributed by atoms with Crippen molar-refractivity contribution < 1.29 is 4.74 Å². The van der Waals surface area contributed by atoms with Crippen molar-refractivity contribution in [2.24, 2.45) is 0 Å². The van der Waals surface area contributed by atoms with E-state index >= 15 is 0 Å². The van der Waals surface area contributed by atoms with Crippen LogP contribution in [0.15, 0.2) is 48.5 Å². The van der Waals surface area contributed by atoms with Gasteiger partial charge in [-0.15, -0.1) is 10.2 Å². The van der Waals surface area contributed by atoms with Crippen LogP contribution in [0.2, 0.25) is 5.02 Å². The number of hydrogen-bond donors (Lipinski definition) is 0. The first-order chi connectivity index (χ1) is 14.7.